The third-order valence-electron chi connectivity index (χ3n) is 1.74. The Bertz CT molecular complexity index is 212. The van der Waals surface area contributed by atoms with Crippen LogP contribution in [0, 0.1) is 0 Å². The van der Waals surface area contributed by atoms with Crippen LogP contribution < -0.4 is 5.32 Å². The van der Waals surface area contributed by atoms with Gasteiger partial charge in [-0.15, -0.1) is 0 Å². The molecule has 0 aliphatic carbocycles. The topological polar surface area (TPSA) is 52.6 Å². The maximum absolute atomic E-state index is 10.3. The van der Waals surface area contributed by atoms with E-state index in [2.05, 4.69) is 17.1 Å². The minimum absolute atomic E-state index is 0.363. The summed E-state index contributed by atoms with van der Waals surface area (Å²) in [6.07, 6.45) is 1.23. The number of carboxylic acid groups (broad SMARTS) is 1. The summed E-state index contributed by atoms with van der Waals surface area (Å²) >= 11 is 0. The Morgan fingerprint density at radius 2 is 2.14 bits per heavy atom. The first-order chi connectivity index (χ1) is 6.41. The van der Waals surface area contributed by atoms with Gasteiger partial charge in [0.05, 0.1) is 0 Å². The van der Waals surface area contributed by atoms with E-state index in [9.17, 15) is 4.79 Å². The molecule has 2 N–H and O–H groups in total. The molecule has 82 valence electrons. The van der Waals surface area contributed by atoms with Crippen molar-refractivity contribution in [2.75, 3.05) is 27.2 Å². The number of nitrogens with one attached hydrogen (secondary N) is 1. The van der Waals surface area contributed by atoms with Crippen molar-refractivity contribution >= 4 is 5.97 Å². The minimum atomic E-state index is -0.885. The lowest BCUT2D eigenvalue weighted by atomic mass is 10.2. The second-order valence-electron chi connectivity index (χ2n) is 3.87. The van der Waals surface area contributed by atoms with Crippen LogP contribution in [0.2, 0.25) is 0 Å². The predicted molar refractivity (Wildman–Crippen MR) is 57.4 cm³/mol. The van der Waals surface area contributed by atoms with Crippen LogP contribution in [-0.4, -0.2) is 49.2 Å². The standard InChI is InChI=1S/C10H20N2O2/c1-8(5-10(13)14)6-11-9(2)7-12(3)4/h5,9,11H,6-7H2,1-4H3,(H,13,14). The van der Waals surface area contributed by atoms with E-state index < -0.39 is 5.97 Å². The van der Waals surface area contributed by atoms with Gasteiger partial charge in [0.15, 0.2) is 0 Å². The molecule has 0 aromatic rings. The molecule has 0 heterocycles. The van der Waals surface area contributed by atoms with E-state index in [0.717, 1.165) is 12.1 Å². The van der Waals surface area contributed by atoms with Crippen LogP contribution in [0.1, 0.15) is 13.8 Å². The van der Waals surface area contributed by atoms with Gasteiger partial charge in [-0.1, -0.05) is 5.57 Å². The molecule has 4 nitrogen and oxygen atoms in total. The molecule has 0 spiro atoms. The van der Waals surface area contributed by atoms with Crippen molar-refractivity contribution in [3.05, 3.63) is 11.6 Å². The summed E-state index contributed by atoms with van der Waals surface area (Å²) in [5.74, 6) is -0.885. The molecule has 0 rings (SSSR count). The first-order valence-corrected chi connectivity index (χ1v) is 4.70. The van der Waals surface area contributed by atoms with Crippen LogP contribution >= 0.6 is 0 Å². The van der Waals surface area contributed by atoms with E-state index in [1.165, 1.54) is 6.08 Å². The zero-order valence-corrected chi connectivity index (χ0v) is 9.37. The minimum Gasteiger partial charge on any atom is -0.478 e. The van der Waals surface area contributed by atoms with E-state index in [0.29, 0.717) is 12.6 Å². The summed E-state index contributed by atoms with van der Waals surface area (Å²) in [4.78, 5) is 12.4. The fourth-order valence-corrected chi connectivity index (χ4v) is 1.21. The molecule has 0 aromatic heterocycles. The van der Waals surface area contributed by atoms with Crippen molar-refractivity contribution in [1.29, 1.82) is 0 Å². The summed E-state index contributed by atoms with van der Waals surface area (Å²) in [7, 11) is 4.02. The predicted octanol–water partition coefficient (Wildman–Crippen LogP) is 0.557. The molecule has 1 atom stereocenters. The fraction of sp³-hybridized carbons (Fsp3) is 0.700. The molecule has 4 heteroatoms. The Hall–Kier alpha value is -0.870. The number of aliphatic carboxylic acids is 1. The highest BCUT2D eigenvalue weighted by molar-refractivity contribution is 5.80. The Morgan fingerprint density at radius 3 is 2.57 bits per heavy atom. The molecular formula is C10H20N2O2. The van der Waals surface area contributed by atoms with Crippen molar-refractivity contribution in [3.63, 3.8) is 0 Å². The molecule has 0 aromatic carbocycles. The van der Waals surface area contributed by atoms with Crippen molar-refractivity contribution < 1.29 is 9.90 Å². The lowest BCUT2D eigenvalue weighted by molar-refractivity contribution is -0.131. The second-order valence-corrected chi connectivity index (χ2v) is 3.87. The lowest BCUT2D eigenvalue weighted by Gasteiger charge is -2.18. The Morgan fingerprint density at radius 1 is 1.57 bits per heavy atom. The summed E-state index contributed by atoms with van der Waals surface area (Å²) in [6.45, 7) is 5.46. The largest absolute Gasteiger partial charge is 0.478 e. The van der Waals surface area contributed by atoms with Crippen molar-refractivity contribution in [2.45, 2.75) is 19.9 Å². The van der Waals surface area contributed by atoms with Crippen molar-refractivity contribution in [3.8, 4) is 0 Å². The van der Waals surface area contributed by atoms with E-state index in [-0.39, 0.29) is 0 Å². The number of nitrogens with zero attached hydrogens (tertiary/aromatic N) is 1. The number of likely N-dealkylation sites (N-methyl/N-ethyl adjacent to an activating group) is 1. The third kappa shape index (κ3) is 7.76. The highest BCUT2D eigenvalue weighted by Gasteiger charge is 2.02. The number of hydrogen-bond acceptors (Lipinski definition) is 3. The Labute approximate surface area is 85.6 Å². The van der Waals surface area contributed by atoms with Gasteiger partial charge < -0.3 is 15.3 Å². The molecule has 0 aliphatic rings. The van der Waals surface area contributed by atoms with Gasteiger partial charge in [-0.2, -0.15) is 0 Å². The molecule has 0 bridgehead atoms. The Balaban J connectivity index is 3.76. The molecular weight excluding hydrogens is 180 g/mol. The van der Waals surface area contributed by atoms with Crippen LogP contribution in [0.4, 0.5) is 0 Å². The summed E-state index contributed by atoms with van der Waals surface area (Å²) in [5, 5.41) is 11.7. The van der Waals surface area contributed by atoms with Gasteiger partial charge in [0.25, 0.3) is 0 Å². The normalized spacial score (nSPS) is 14.5. The zero-order valence-electron chi connectivity index (χ0n) is 9.37. The second kappa shape index (κ2) is 6.56. The van der Waals surface area contributed by atoms with Crippen LogP contribution in [0.3, 0.4) is 0 Å². The maximum atomic E-state index is 10.3. The van der Waals surface area contributed by atoms with Gasteiger partial charge >= 0.3 is 5.97 Å². The van der Waals surface area contributed by atoms with Crippen LogP contribution in [-0.2, 0) is 4.79 Å². The monoisotopic (exact) mass is 200 g/mol. The molecule has 0 saturated heterocycles. The molecule has 14 heavy (non-hydrogen) atoms. The molecule has 0 aliphatic heterocycles. The van der Waals surface area contributed by atoms with Crippen LogP contribution in [0.5, 0.6) is 0 Å². The van der Waals surface area contributed by atoms with Crippen molar-refractivity contribution in [1.82, 2.24) is 10.2 Å². The summed E-state index contributed by atoms with van der Waals surface area (Å²) in [5.41, 5.74) is 0.836. The van der Waals surface area contributed by atoms with Gasteiger partial charge in [-0.25, -0.2) is 4.79 Å². The highest BCUT2D eigenvalue weighted by atomic mass is 16.4. The average Bonchev–Trinajstić information content (AvgIpc) is 1.98. The van der Waals surface area contributed by atoms with Gasteiger partial charge in [0, 0.05) is 25.2 Å². The van der Waals surface area contributed by atoms with Crippen molar-refractivity contribution in [2.24, 2.45) is 0 Å². The zero-order chi connectivity index (χ0) is 11.1. The summed E-state index contributed by atoms with van der Waals surface area (Å²) in [6, 6.07) is 0.363. The average molecular weight is 200 g/mol. The lowest BCUT2D eigenvalue weighted by Crippen LogP contribution is -2.36. The molecule has 0 radical (unpaired) electrons. The van der Waals surface area contributed by atoms with Gasteiger partial charge in [-0.3, -0.25) is 0 Å². The first kappa shape index (κ1) is 13.1. The molecule has 0 fully saturated rings. The smallest absolute Gasteiger partial charge is 0.328 e. The van der Waals surface area contributed by atoms with E-state index in [1.54, 1.807) is 0 Å². The quantitative estimate of drug-likeness (QED) is 0.615. The van der Waals surface area contributed by atoms with Gasteiger partial charge in [-0.05, 0) is 27.9 Å². The van der Waals surface area contributed by atoms with Gasteiger partial charge in [0.2, 0.25) is 0 Å². The third-order valence-corrected chi connectivity index (χ3v) is 1.74. The SMILES string of the molecule is CC(=CC(=O)O)CNC(C)CN(C)C. The number of rotatable bonds is 6. The Kier molecular flexibility index (Phi) is 6.16. The first-order valence-electron chi connectivity index (χ1n) is 4.70. The molecule has 0 amide bonds. The molecule has 1 unspecified atom stereocenters. The van der Waals surface area contributed by atoms with E-state index in [4.69, 9.17) is 5.11 Å². The highest BCUT2D eigenvalue weighted by Crippen LogP contribution is 1.92. The molecule has 0 saturated carbocycles. The van der Waals surface area contributed by atoms with Crippen LogP contribution in [0.25, 0.3) is 0 Å². The summed E-state index contributed by atoms with van der Waals surface area (Å²) < 4.78 is 0. The van der Waals surface area contributed by atoms with E-state index in [1.807, 2.05) is 21.0 Å². The van der Waals surface area contributed by atoms with Crippen LogP contribution in [0.15, 0.2) is 11.6 Å². The fourth-order valence-electron chi connectivity index (χ4n) is 1.21. The van der Waals surface area contributed by atoms with E-state index >= 15 is 0 Å². The number of hydrogen-bond donors (Lipinski definition) is 2. The maximum Gasteiger partial charge on any atom is 0.328 e. The number of carbonyl (C=O) groups is 1. The van der Waals surface area contributed by atoms with Gasteiger partial charge in [0.1, 0.15) is 0 Å². The number of carboxylic acids is 1.